The molecule has 0 aliphatic carbocycles. The zero-order valence-electron chi connectivity index (χ0n) is 17.6. The maximum absolute atomic E-state index is 12.7. The van der Waals surface area contributed by atoms with Crippen LogP contribution in [-0.4, -0.2) is 102 Å². The van der Waals surface area contributed by atoms with Gasteiger partial charge in [-0.1, -0.05) is 6.92 Å². The Morgan fingerprint density at radius 1 is 1.28 bits per heavy atom. The van der Waals surface area contributed by atoms with Gasteiger partial charge in [0.2, 0.25) is 0 Å². The highest BCUT2D eigenvalue weighted by atomic mass is 16.6. The molecule has 0 N–H and O–H groups in total. The average molecular weight is 405 g/mol. The molecule has 9 heteroatoms. The Balaban J connectivity index is 1.50. The summed E-state index contributed by atoms with van der Waals surface area (Å²) in [5.74, 6) is 0.661. The maximum atomic E-state index is 12.7. The molecule has 0 radical (unpaired) electrons. The molecule has 2 amide bonds. The summed E-state index contributed by atoms with van der Waals surface area (Å²) in [5, 5.41) is 0. The number of piperidine rings is 1. The summed E-state index contributed by atoms with van der Waals surface area (Å²) >= 11 is 0. The van der Waals surface area contributed by atoms with Crippen LogP contribution < -0.4 is 0 Å². The molecule has 0 aromatic carbocycles. The summed E-state index contributed by atoms with van der Waals surface area (Å²) in [6.07, 6.45) is 4.97. The van der Waals surface area contributed by atoms with E-state index < -0.39 is 5.60 Å². The van der Waals surface area contributed by atoms with Gasteiger partial charge in [-0.3, -0.25) is 4.79 Å². The van der Waals surface area contributed by atoms with Crippen LogP contribution in [0, 0.1) is 0 Å². The number of likely N-dealkylation sites (tertiary alicyclic amines) is 1. The molecule has 0 unspecified atom stereocenters. The summed E-state index contributed by atoms with van der Waals surface area (Å²) in [7, 11) is 3.69. The average Bonchev–Trinajstić information content (AvgIpc) is 3.05. The maximum Gasteiger partial charge on any atom is 0.410 e. The van der Waals surface area contributed by atoms with Gasteiger partial charge in [-0.2, -0.15) is 0 Å². The van der Waals surface area contributed by atoms with Crippen molar-refractivity contribution in [2.75, 3.05) is 60.0 Å². The number of aromatic nitrogens is 2. The van der Waals surface area contributed by atoms with E-state index in [0.29, 0.717) is 51.2 Å². The van der Waals surface area contributed by atoms with Crippen LogP contribution in [0.5, 0.6) is 0 Å². The Morgan fingerprint density at radius 3 is 2.59 bits per heavy atom. The van der Waals surface area contributed by atoms with E-state index in [9.17, 15) is 9.59 Å². The number of aryl methyl sites for hydroxylation is 1. The molecular weight excluding hydrogens is 374 g/mol. The summed E-state index contributed by atoms with van der Waals surface area (Å²) in [4.78, 5) is 39.2. The summed E-state index contributed by atoms with van der Waals surface area (Å²) < 4.78 is 10.8. The molecule has 0 saturated carbocycles. The monoisotopic (exact) mass is 405 g/mol. The molecule has 1 aromatic heterocycles. The van der Waals surface area contributed by atoms with Gasteiger partial charge in [-0.25, -0.2) is 14.8 Å². The van der Waals surface area contributed by atoms with Crippen LogP contribution in [0.4, 0.5) is 4.79 Å². The summed E-state index contributed by atoms with van der Waals surface area (Å²) in [5.41, 5.74) is 0.0175. The highest BCUT2D eigenvalue weighted by Gasteiger charge is 2.47. The number of ether oxygens (including phenoxy) is 2. The van der Waals surface area contributed by atoms with E-state index in [1.54, 1.807) is 29.3 Å². The second kappa shape index (κ2) is 9.49. The van der Waals surface area contributed by atoms with Gasteiger partial charge in [0.25, 0.3) is 5.91 Å². The Hall–Kier alpha value is -2.26. The number of amides is 2. The number of methoxy groups -OCH3 is 1. The van der Waals surface area contributed by atoms with Gasteiger partial charge in [0, 0.05) is 71.5 Å². The van der Waals surface area contributed by atoms with Crippen LogP contribution in [0.1, 0.15) is 35.9 Å². The second-order valence-corrected chi connectivity index (χ2v) is 7.80. The molecule has 2 aliphatic heterocycles. The van der Waals surface area contributed by atoms with Crippen LogP contribution in [0.2, 0.25) is 0 Å². The van der Waals surface area contributed by atoms with E-state index in [1.165, 1.54) is 0 Å². The largest absolute Gasteiger partial charge is 0.441 e. The molecule has 3 heterocycles. The number of rotatable bonds is 8. The number of carbonyl (C=O) groups excluding carboxylic acids is 2. The zero-order valence-corrected chi connectivity index (χ0v) is 17.6. The fraction of sp³-hybridized carbons (Fsp3) is 0.700. The molecule has 2 fully saturated rings. The number of hydrogen-bond acceptors (Lipinski definition) is 7. The third-order valence-corrected chi connectivity index (χ3v) is 5.70. The van der Waals surface area contributed by atoms with Gasteiger partial charge in [-0.05, 0) is 7.05 Å². The quantitative estimate of drug-likeness (QED) is 0.639. The van der Waals surface area contributed by atoms with E-state index >= 15 is 0 Å². The molecule has 29 heavy (non-hydrogen) atoms. The van der Waals surface area contributed by atoms with Crippen molar-refractivity contribution in [2.45, 2.75) is 31.8 Å². The zero-order chi connectivity index (χ0) is 20.9. The third kappa shape index (κ3) is 5.22. The van der Waals surface area contributed by atoms with Gasteiger partial charge in [0.15, 0.2) is 0 Å². The smallest absolute Gasteiger partial charge is 0.410 e. The fourth-order valence-corrected chi connectivity index (χ4v) is 3.72. The Kier molecular flexibility index (Phi) is 7.02. The van der Waals surface area contributed by atoms with Crippen molar-refractivity contribution in [3.8, 4) is 0 Å². The van der Waals surface area contributed by atoms with Crippen molar-refractivity contribution in [3.63, 3.8) is 0 Å². The number of hydrogen-bond donors (Lipinski definition) is 0. The molecule has 2 saturated heterocycles. The highest BCUT2D eigenvalue weighted by molar-refractivity contribution is 5.93. The van der Waals surface area contributed by atoms with E-state index in [4.69, 9.17) is 9.47 Å². The van der Waals surface area contributed by atoms with Crippen molar-refractivity contribution in [2.24, 2.45) is 0 Å². The van der Waals surface area contributed by atoms with Gasteiger partial charge < -0.3 is 24.2 Å². The Labute approximate surface area is 172 Å². The minimum absolute atomic E-state index is 0.0662. The first-order valence-electron chi connectivity index (χ1n) is 10.2. The fourth-order valence-electron chi connectivity index (χ4n) is 3.72. The second-order valence-electron chi connectivity index (χ2n) is 7.80. The normalized spacial score (nSPS) is 18.6. The lowest BCUT2D eigenvalue weighted by molar-refractivity contribution is 0.00310. The number of likely N-dealkylation sites (N-methyl/N-ethyl adjacent to an activating group) is 1. The predicted molar refractivity (Wildman–Crippen MR) is 107 cm³/mol. The highest BCUT2D eigenvalue weighted by Crippen LogP contribution is 2.33. The molecule has 2 aliphatic rings. The Bertz CT molecular complexity index is 703. The van der Waals surface area contributed by atoms with Crippen LogP contribution in [0.3, 0.4) is 0 Å². The number of nitrogens with zero attached hydrogens (tertiary/aromatic N) is 5. The minimum atomic E-state index is -0.485. The molecule has 1 spiro atoms. The molecule has 1 aromatic rings. The Morgan fingerprint density at radius 2 is 1.97 bits per heavy atom. The molecule has 0 bridgehead atoms. The van der Waals surface area contributed by atoms with Crippen LogP contribution in [0.15, 0.2) is 12.4 Å². The predicted octanol–water partition coefficient (Wildman–Crippen LogP) is 1.04. The lowest BCUT2D eigenvalue weighted by Crippen LogP contribution is -2.49. The van der Waals surface area contributed by atoms with Gasteiger partial charge in [0.1, 0.15) is 11.4 Å². The lowest BCUT2D eigenvalue weighted by Gasteiger charge is -2.37. The van der Waals surface area contributed by atoms with Crippen molar-refractivity contribution >= 4 is 12.0 Å². The lowest BCUT2D eigenvalue weighted by atomic mass is 9.91. The van der Waals surface area contributed by atoms with Crippen molar-refractivity contribution < 1.29 is 19.1 Å². The van der Waals surface area contributed by atoms with Gasteiger partial charge in [-0.15, -0.1) is 0 Å². The van der Waals surface area contributed by atoms with Crippen LogP contribution in [0.25, 0.3) is 0 Å². The molecule has 9 nitrogen and oxygen atoms in total. The molecule has 0 atom stereocenters. The van der Waals surface area contributed by atoms with Crippen LogP contribution in [-0.2, 0) is 15.9 Å². The first kappa shape index (κ1) is 21.4. The number of carbonyl (C=O) groups is 2. The van der Waals surface area contributed by atoms with Gasteiger partial charge >= 0.3 is 6.09 Å². The summed E-state index contributed by atoms with van der Waals surface area (Å²) in [6.45, 7) is 6.57. The molecular formula is C20H31N5O4. The topological polar surface area (TPSA) is 88.1 Å². The van der Waals surface area contributed by atoms with Crippen molar-refractivity contribution in [3.05, 3.63) is 23.8 Å². The van der Waals surface area contributed by atoms with E-state index in [0.717, 1.165) is 25.3 Å². The van der Waals surface area contributed by atoms with Crippen molar-refractivity contribution in [1.29, 1.82) is 0 Å². The van der Waals surface area contributed by atoms with Crippen LogP contribution >= 0.6 is 0 Å². The minimum Gasteiger partial charge on any atom is -0.441 e. The molecule has 160 valence electrons. The third-order valence-electron chi connectivity index (χ3n) is 5.70. The first-order chi connectivity index (χ1) is 14.0. The van der Waals surface area contributed by atoms with E-state index in [1.807, 2.05) is 14.0 Å². The summed E-state index contributed by atoms with van der Waals surface area (Å²) in [6, 6.07) is 0. The standard InChI is InChI=1S/C20H31N5O4/c1-4-17-21-13-16(14-22-17)18(26)24-7-5-20(6-8-24)15-25(19(27)29-20)10-9-23(2)11-12-28-3/h13-14H,4-12,15H2,1-3H3. The van der Waals surface area contributed by atoms with Gasteiger partial charge in [0.05, 0.1) is 18.7 Å². The SMILES string of the molecule is CCc1ncc(C(=O)N2CCC3(CC2)CN(CCN(C)CCOC)C(=O)O3)cn1. The molecule has 3 rings (SSSR count). The van der Waals surface area contributed by atoms with Crippen molar-refractivity contribution in [1.82, 2.24) is 24.7 Å². The van der Waals surface area contributed by atoms with E-state index in [-0.39, 0.29) is 12.0 Å². The van der Waals surface area contributed by atoms with E-state index in [2.05, 4.69) is 14.9 Å². The first-order valence-corrected chi connectivity index (χ1v) is 10.2.